The van der Waals surface area contributed by atoms with E-state index < -0.39 is 6.04 Å². The van der Waals surface area contributed by atoms with Crippen molar-refractivity contribution >= 4 is 29.3 Å². The van der Waals surface area contributed by atoms with Crippen LogP contribution in [0.1, 0.15) is 41.6 Å². The van der Waals surface area contributed by atoms with E-state index in [1.807, 2.05) is 38.1 Å². The summed E-state index contributed by atoms with van der Waals surface area (Å²) in [5, 5.41) is 24.6. The number of amides is 2. The Balaban J connectivity index is 1.66. The predicted molar refractivity (Wildman–Crippen MR) is 131 cm³/mol. The van der Waals surface area contributed by atoms with Crippen molar-refractivity contribution in [1.29, 1.82) is 0 Å². The minimum atomic E-state index is -0.748. The van der Waals surface area contributed by atoms with Gasteiger partial charge in [-0.15, -0.1) is 10.2 Å². The average molecular weight is 484 g/mol. The molecule has 1 heterocycles. The summed E-state index contributed by atoms with van der Waals surface area (Å²) in [5.41, 5.74) is 2.30. The molecule has 0 saturated heterocycles. The van der Waals surface area contributed by atoms with Gasteiger partial charge in [-0.25, -0.2) is 0 Å². The van der Waals surface area contributed by atoms with Gasteiger partial charge in [-0.3, -0.25) is 9.59 Å². The summed E-state index contributed by atoms with van der Waals surface area (Å²) in [4.78, 5) is 25.2. The molecule has 0 fully saturated rings. The highest BCUT2D eigenvalue weighted by molar-refractivity contribution is 7.99. The van der Waals surface area contributed by atoms with Crippen molar-refractivity contribution in [3.8, 4) is 5.75 Å². The summed E-state index contributed by atoms with van der Waals surface area (Å²) in [6, 6.07) is 13.6. The largest absolute Gasteiger partial charge is 0.497 e. The number of carbonyl (C=O) groups is 2. The minimum absolute atomic E-state index is 0.149. The number of hydrogen-bond acceptors (Lipinski definition) is 7. The smallest absolute Gasteiger partial charge is 0.251 e. The number of ether oxygens (including phenoxy) is 1. The molecule has 1 aromatic heterocycles. The van der Waals surface area contributed by atoms with Crippen LogP contribution in [-0.2, 0) is 17.8 Å². The molecule has 0 spiro atoms. The van der Waals surface area contributed by atoms with Crippen molar-refractivity contribution in [1.82, 2.24) is 20.1 Å². The van der Waals surface area contributed by atoms with E-state index >= 15 is 0 Å². The summed E-state index contributed by atoms with van der Waals surface area (Å²) in [5.74, 6) is 0.717. The lowest BCUT2D eigenvalue weighted by Gasteiger charge is -2.17. The third-order valence-corrected chi connectivity index (χ3v) is 6.18. The van der Waals surface area contributed by atoms with Crippen LogP contribution in [0.3, 0.4) is 0 Å². The summed E-state index contributed by atoms with van der Waals surface area (Å²) in [7, 11) is 1.55. The number of rotatable bonds is 11. The fourth-order valence-corrected chi connectivity index (χ4v) is 4.21. The van der Waals surface area contributed by atoms with E-state index in [1.165, 1.54) is 11.8 Å². The molecule has 10 heteroatoms. The maximum atomic E-state index is 12.7. The Morgan fingerprint density at radius 2 is 1.85 bits per heavy atom. The van der Waals surface area contributed by atoms with E-state index in [-0.39, 0.29) is 24.2 Å². The highest BCUT2D eigenvalue weighted by Crippen LogP contribution is 2.22. The molecule has 34 heavy (non-hydrogen) atoms. The van der Waals surface area contributed by atoms with Gasteiger partial charge < -0.3 is 25.0 Å². The molecule has 2 amide bonds. The maximum absolute atomic E-state index is 12.7. The molecular formula is C24H29N5O4S. The monoisotopic (exact) mass is 483 g/mol. The number of aliphatic hydroxyl groups excluding tert-OH is 1. The number of nitrogens with zero attached hydrogens (tertiary/aromatic N) is 3. The second-order valence-corrected chi connectivity index (χ2v) is 8.31. The van der Waals surface area contributed by atoms with Crippen molar-refractivity contribution in [3.63, 3.8) is 0 Å². The molecule has 3 aromatic rings. The fourth-order valence-electron chi connectivity index (χ4n) is 3.40. The lowest BCUT2D eigenvalue weighted by Crippen LogP contribution is -2.32. The highest BCUT2D eigenvalue weighted by Gasteiger charge is 2.23. The van der Waals surface area contributed by atoms with E-state index in [9.17, 15) is 14.7 Å². The molecule has 0 radical (unpaired) electrons. The fraction of sp³-hybridized carbons (Fsp3) is 0.333. The van der Waals surface area contributed by atoms with E-state index in [4.69, 9.17) is 4.74 Å². The summed E-state index contributed by atoms with van der Waals surface area (Å²) >= 11 is 1.25. The molecule has 2 aromatic carbocycles. The van der Waals surface area contributed by atoms with E-state index in [1.54, 1.807) is 35.9 Å². The summed E-state index contributed by atoms with van der Waals surface area (Å²) in [6.07, 6.45) is 0.821. The lowest BCUT2D eigenvalue weighted by atomic mass is 10.1. The van der Waals surface area contributed by atoms with Crippen LogP contribution in [0, 0.1) is 0 Å². The zero-order valence-corrected chi connectivity index (χ0v) is 20.3. The Labute approximate surface area is 202 Å². The molecule has 0 saturated carbocycles. The van der Waals surface area contributed by atoms with Gasteiger partial charge in [0, 0.05) is 17.8 Å². The van der Waals surface area contributed by atoms with Crippen LogP contribution in [0.5, 0.6) is 5.75 Å². The van der Waals surface area contributed by atoms with E-state index in [0.29, 0.717) is 28.8 Å². The molecule has 3 N–H and O–H groups in total. The molecule has 3 rings (SSSR count). The zero-order valence-electron chi connectivity index (χ0n) is 19.4. The second-order valence-electron chi connectivity index (χ2n) is 7.37. The molecule has 180 valence electrons. The average Bonchev–Trinajstić information content (AvgIpc) is 3.29. The number of aryl methyl sites for hydroxylation is 1. The van der Waals surface area contributed by atoms with Gasteiger partial charge in [0.05, 0.1) is 19.5 Å². The Morgan fingerprint density at radius 1 is 1.12 bits per heavy atom. The van der Waals surface area contributed by atoms with Gasteiger partial charge in [-0.05, 0) is 49.2 Å². The molecule has 0 unspecified atom stereocenters. The van der Waals surface area contributed by atoms with E-state index in [2.05, 4.69) is 20.8 Å². The second kappa shape index (κ2) is 12.2. The summed E-state index contributed by atoms with van der Waals surface area (Å²) < 4.78 is 6.90. The number of para-hydroxylation sites is 1. The Morgan fingerprint density at radius 3 is 2.50 bits per heavy atom. The van der Waals surface area contributed by atoms with Gasteiger partial charge in [0.25, 0.3) is 5.91 Å². The number of thioether (sulfide) groups is 1. The number of benzene rings is 2. The van der Waals surface area contributed by atoms with Gasteiger partial charge in [-0.2, -0.15) is 0 Å². The van der Waals surface area contributed by atoms with Gasteiger partial charge in [0.2, 0.25) is 5.91 Å². The number of aliphatic hydroxyl groups is 1. The van der Waals surface area contributed by atoms with Crippen LogP contribution >= 0.6 is 11.8 Å². The van der Waals surface area contributed by atoms with Gasteiger partial charge in [0.15, 0.2) is 11.0 Å². The molecular weight excluding hydrogens is 454 g/mol. The zero-order chi connectivity index (χ0) is 24.5. The van der Waals surface area contributed by atoms with Crippen LogP contribution < -0.4 is 15.4 Å². The normalized spacial score (nSPS) is 11.6. The number of carbonyl (C=O) groups excluding carboxylic acids is 2. The third-order valence-electron chi connectivity index (χ3n) is 5.22. The highest BCUT2D eigenvalue weighted by atomic mass is 32.2. The van der Waals surface area contributed by atoms with Crippen molar-refractivity contribution in [3.05, 3.63) is 65.5 Å². The quantitative estimate of drug-likeness (QED) is 0.359. The standard InChI is InChI=1S/C24H29N5O4S/c1-4-16-8-6-7-9-19(16)25-21(31)15-34-24-28-27-22(29(24)5-2)20(14-30)26-23(32)17-10-12-18(33-3)13-11-17/h6-13,20,30H,4-5,14-15H2,1-3H3,(H,25,31)(H,26,32)/t20-/m1/s1. The van der Waals surface area contributed by atoms with E-state index in [0.717, 1.165) is 17.7 Å². The van der Waals surface area contributed by atoms with Gasteiger partial charge in [0.1, 0.15) is 11.8 Å². The molecule has 0 aliphatic rings. The first-order chi connectivity index (χ1) is 16.5. The topological polar surface area (TPSA) is 118 Å². The Bertz CT molecular complexity index is 1120. The van der Waals surface area contributed by atoms with Crippen molar-refractivity contribution < 1.29 is 19.4 Å². The first kappa shape index (κ1) is 25.3. The SMILES string of the molecule is CCc1ccccc1NC(=O)CSc1nnc([C@@H](CO)NC(=O)c2ccc(OC)cc2)n1CC. The van der Waals surface area contributed by atoms with Crippen molar-refractivity contribution in [2.75, 3.05) is 24.8 Å². The predicted octanol–water partition coefficient (Wildman–Crippen LogP) is 3.06. The Hall–Kier alpha value is -3.37. The molecule has 9 nitrogen and oxygen atoms in total. The van der Waals surface area contributed by atoms with Crippen LogP contribution in [0.4, 0.5) is 5.69 Å². The van der Waals surface area contributed by atoms with Crippen LogP contribution in [0.25, 0.3) is 0 Å². The number of methoxy groups -OCH3 is 1. The van der Waals surface area contributed by atoms with Crippen LogP contribution in [-0.4, -0.2) is 51.2 Å². The Kier molecular flexibility index (Phi) is 9.06. The number of aromatic nitrogens is 3. The number of hydrogen-bond donors (Lipinski definition) is 3. The molecule has 0 aliphatic carbocycles. The number of nitrogens with one attached hydrogen (secondary N) is 2. The maximum Gasteiger partial charge on any atom is 0.251 e. The van der Waals surface area contributed by atoms with Gasteiger partial charge in [-0.1, -0.05) is 36.9 Å². The summed E-state index contributed by atoms with van der Waals surface area (Å²) in [6.45, 7) is 4.11. The van der Waals surface area contributed by atoms with Gasteiger partial charge >= 0.3 is 0 Å². The number of anilines is 1. The first-order valence-electron chi connectivity index (χ1n) is 11.0. The van der Waals surface area contributed by atoms with Crippen LogP contribution in [0.15, 0.2) is 53.7 Å². The van der Waals surface area contributed by atoms with Crippen molar-refractivity contribution in [2.45, 2.75) is 38.0 Å². The molecule has 1 atom stereocenters. The lowest BCUT2D eigenvalue weighted by molar-refractivity contribution is -0.113. The van der Waals surface area contributed by atoms with Crippen LogP contribution in [0.2, 0.25) is 0 Å². The minimum Gasteiger partial charge on any atom is -0.497 e. The molecule has 0 bridgehead atoms. The van der Waals surface area contributed by atoms with Crippen molar-refractivity contribution in [2.24, 2.45) is 0 Å². The first-order valence-corrected chi connectivity index (χ1v) is 12.0. The molecule has 0 aliphatic heterocycles. The third kappa shape index (κ3) is 6.15.